The molecule has 2 heterocycles. The molecule has 0 bridgehead atoms. The average Bonchev–Trinajstić information content (AvgIpc) is 2.58. The van der Waals surface area contributed by atoms with E-state index in [1.54, 1.807) is 4.90 Å². The molecule has 0 aliphatic carbocycles. The van der Waals surface area contributed by atoms with Gasteiger partial charge in [0.2, 0.25) is 0 Å². The van der Waals surface area contributed by atoms with E-state index in [-0.39, 0.29) is 24.4 Å². The summed E-state index contributed by atoms with van der Waals surface area (Å²) in [5.74, 6) is 0.725. The highest BCUT2D eigenvalue weighted by molar-refractivity contribution is 7.80. The molecule has 6 nitrogen and oxygen atoms in total. The number of carbonyl (C=O) groups excluding carboxylic acids is 2. The molecule has 2 unspecified atom stereocenters. The fraction of sp³-hybridized carbons (Fsp3) is 0.714. The van der Waals surface area contributed by atoms with E-state index in [0.29, 0.717) is 6.54 Å². The zero-order chi connectivity index (χ0) is 10.1. The molecule has 0 saturated carbocycles. The molecule has 0 radical (unpaired) electrons. The van der Waals surface area contributed by atoms with Gasteiger partial charge in [-0.15, -0.1) is 0 Å². The lowest BCUT2D eigenvalue weighted by Gasteiger charge is -2.20. The first kappa shape index (κ1) is 9.45. The van der Waals surface area contributed by atoms with Crippen LogP contribution in [0.2, 0.25) is 0 Å². The van der Waals surface area contributed by atoms with E-state index >= 15 is 0 Å². The van der Waals surface area contributed by atoms with Gasteiger partial charge in [0, 0.05) is 6.54 Å². The average molecular weight is 216 g/mol. The number of carbonyl (C=O) groups is 2. The number of rotatable bonds is 3. The molecule has 7 heteroatoms. The Balaban J connectivity index is 2.01. The zero-order valence-electron chi connectivity index (χ0n) is 7.49. The number of hydrogen-bond donors (Lipinski definition) is 4. The third-order valence-electron chi connectivity index (χ3n) is 2.31. The highest BCUT2D eigenvalue weighted by Gasteiger charge is 2.44. The standard InChI is InChI=1S/C7H12N4O2S/c12-6-8-4-5(10-6)11(2-1-3-14)7(13)9-4/h4-5,14H,1-3H2,(H,9,13)(H2,8,10,12). The van der Waals surface area contributed by atoms with Crippen molar-refractivity contribution in [1.82, 2.24) is 20.9 Å². The second-order valence-corrected chi connectivity index (χ2v) is 3.71. The molecule has 14 heavy (non-hydrogen) atoms. The number of fused-ring (bicyclic) bond motifs is 1. The van der Waals surface area contributed by atoms with E-state index in [4.69, 9.17) is 0 Å². The van der Waals surface area contributed by atoms with Crippen molar-refractivity contribution in [2.24, 2.45) is 0 Å². The SMILES string of the molecule is O=C1NC2NC(=O)N(CCCS)C2N1. The van der Waals surface area contributed by atoms with Gasteiger partial charge in [0.05, 0.1) is 0 Å². The maximum atomic E-state index is 11.4. The van der Waals surface area contributed by atoms with Crippen molar-refractivity contribution in [3.05, 3.63) is 0 Å². The van der Waals surface area contributed by atoms with Gasteiger partial charge in [0.25, 0.3) is 0 Å². The van der Waals surface area contributed by atoms with Crippen LogP contribution in [-0.4, -0.2) is 41.6 Å². The smallest absolute Gasteiger partial charge is 0.314 e. The first-order chi connectivity index (χ1) is 6.72. The molecule has 2 saturated heterocycles. The van der Waals surface area contributed by atoms with Crippen LogP contribution in [0, 0.1) is 0 Å². The predicted molar refractivity (Wildman–Crippen MR) is 53.0 cm³/mol. The number of nitrogens with one attached hydrogen (secondary N) is 3. The van der Waals surface area contributed by atoms with Gasteiger partial charge in [-0.25, -0.2) is 9.59 Å². The topological polar surface area (TPSA) is 73.5 Å². The third kappa shape index (κ3) is 1.47. The molecule has 0 spiro atoms. The summed E-state index contributed by atoms with van der Waals surface area (Å²) >= 11 is 4.08. The lowest BCUT2D eigenvalue weighted by atomic mass is 10.3. The minimum absolute atomic E-state index is 0.144. The zero-order valence-corrected chi connectivity index (χ0v) is 8.38. The first-order valence-corrected chi connectivity index (χ1v) is 5.10. The molecule has 2 aliphatic heterocycles. The largest absolute Gasteiger partial charge is 0.320 e. The Kier molecular flexibility index (Phi) is 2.40. The second kappa shape index (κ2) is 3.56. The van der Waals surface area contributed by atoms with Crippen LogP contribution in [0.25, 0.3) is 0 Å². The summed E-state index contributed by atoms with van der Waals surface area (Å²) in [7, 11) is 0. The van der Waals surface area contributed by atoms with Crippen LogP contribution in [-0.2, 0) is 0 Å². The van der Waals surface area contributed by atoms with Crippen LogP contribution in [0.3, 0.4) is 0 Å². The molecule has 2 aliphatic rings. The molecule has 2 rings (SSSR count). The Labute approximate surface area is 86.8 Å². The van der Waals surface area contributed by atoms with Gasteiger partial charge >= 0.3 is 12.1 Å². The highest BCUT2D eigenvalue weighted by atomic mass is 32.1. The lowest BCUT2D eigenvalue weighted by Crippen LogP contribution is -2.43. The summed E-state index contributed by atoms with van der Waals surface area (Å²) < 4.78 is 0. The number of urea groups is 2. The van der Waals surface area contributed by atoms with Gasteiger partial charge < -0.3 is 20.9 Å². The van der Waals surface area contributed by atoms with Crippen molar-refractivity contribution < 1.29 is 9.59 Å². The van der Waals surface area contributed by atoms with Gasteiger partial charge in [0.1, 0.15) is 12.3 Å². The quantitative estimate of drug-likeness (QED) is 0.471. The number of hydrogen-bond acceptors (Lipinski definition) is 3. The van der Waals surface area contributed by atoms with E-state index in [1.807, 2.05) is 0 Å². The molecule has 0 aromatic rings. The van der Waals surface area contributed by atoms with Crippen molar-refractivity contribution >= 4 is 24.7 Å². The Morgan fingerprint density at radius 2 is 2.07 bits per heavy atom. The van der Waals surface area contributed by atoms with Crippen LogP contribution in [0.4, 0.5) is 9.59 Å². The number of thiol groups is 1. The van der Waals surface area contributed by atoms with Crippen LogP contribution >= 0.6 is 12.6 Å². The molecule has 2 atom stereocenters. The van der Waals surface area contributed by atoms with E-state index in [2.05, 4.69) is 28.6 Å². The fourth-order valence-corrected chi connectivity index (χ4v) is 1.82. The Bertz CT molecular complexity index is 272. The Morgan fingerprint density at radius 1 is 1.29 bits per heavy atom. The van der Waals surface area contributed by atoms with E-state index < -0.39 is 0 Å². The minimum Gasteiger partial charge on any atom is -0.314 e. The number of nitrogens with zero attached hydrogens (tertiary/aromatic N) is 1. The van der Waals surface area contributed by atoms with Crippen molar-refractivity contribution in [2.75, 3.05) is 12.3 Å². The predicted octanol–water partition coefficient (Wildman–Crippen LogP) is -0.704. The molecule has 3 N–H and O–H groups in total. The van der Waals surface area contributed by atoms with Gasteiger partial charge in [-0.2, -0.15) is 12.6 Å². The van der Waals surface area contributed by atoms with Gasteiger partial charge in [-0.3, -0.25) is 0 Å². The molecule has 0 aromatic heterocycles. The second-order valence-electron chi connectivity index (χ2n) is 3.26. The summed E-state index contributed by atoms with van der Waals surface area (Å²) in [5.41, 5.74) is 0. The van der Waals surface area contributed by atoms with Crippen molar-refractivity contribution in [2.45, 2.75) is 18.8 Å². The molecule has 2 fully saturated rings. The molecule has 0 aromatic carbocycles. The van der Waals surface area contributed by atoms with Gasteiger partial charge in [-0.05, 0) is 12.2 Å². The van der Waals surface area contributed by atoms with Crippen LogP contribution in [0.15, 0.2) is 0 Å². The van der Waals surface area contributed by atoms with Crippen LogP contribution in [0.5, 0.6) is 0 Å². The van der Waals surface area contributed by atoms with Crippen molar-refractivity contribution in [3.63, 3.8) is 0 Å². The molecular weight excluding hydrogens is 204 g/mol. The van der Waals surface area contributed by atoms with E-state index in [1.165, 1.54) is 0 Å². The van der Waals surface area contributed by atoms with Crippen molar-refractivity contribution in [1.29, 1.82) is 0 Å². The molecule has 4 amide bonds. The lowest BCUT2D eigenvalue weighted by molar-refractivity contribution is 0.196. The van der Waals surface area contributed by atoms with E-state index in [9.17, 15) is 9.59 Å². The number of amides is 4. The summed E-state index contributed by atoms with van der Waals surface area (Å²) in [6.45, 7) is 0.610. The van der Waals surface area contributed by atoms with Gasteiger partial charge in [0.15, 0.2) is 0 Å². The monoisotopic (exact) mass is 216 g/mol. The first-order valence-electron chi connectivity index (χ1n) is 4.47. The highest BCUT2D eigenvalue weighted by Crippen LogP contribution is 2.13. The Morgan fingerprint density at radius 3 is 2.79 bits per heavy atom. The van der Waals surface area contributed by atoms with Crippen LogP contribution in [0.1, 0.15) is 6.42 Å². The minimum atomic E-state index is -0.296. The maximum Gasteiger partial charge on any atom is 0.320 e. The summed E-state index contributed by atoms with van der Waals surface area (Å²) in [4.78, 5) is 24.0. The van der Waals surface area contributed by atoms with E-state index in [0.717, 1.165) is 12.2 Å². The molecular formula is C7H12N4O2S. The normalized spacial score (nSPS) is 29.6. The van der Waals surface area contributed by atoms with Crippen LogP contribution < -0.4 is 16.0 Å². The summed E-state index contributed by atoms with van der Waals surface area (Å²) in [6, 6.07) is -0.384. The summed E-state index contributed by atoms with van der Waals surface area (Å²) in [5, 5.41) is 7.96. The maximum absolute atomic E-state index is 11.4. The summed E-state index contributed by atoms with van der Waals surface area (Å²) in [6.07, 6.45) is 0.264. The fourth-order valence-electron chi connectivity index (χ4n) is 1.68. The van der Waals surface area contributed by atoms with Crippen molar-refractivity contribution in [3.8, 4) is 0 Å². The third-order valence-corrected chi connectivity index (χ3v) is 2.63. The molecule has 78 valence electrons. The Hall–Kier alpha value is -1.11. The van der Waals surface area contributed by atoms with Gasteiger partial charge in [-0.1, -0.05) is 0 Å².